The predicted octanol–water partition coefficient (Wildman–Crippen LogP) is 5.69. The van der Waals surface area contributed by atoms with Gasteiger partial charge in [0.1, 0.15) is 17.4 Å². The van der Waals surface area contributed by atoms with E-state index in [1.165, 1.54) is 0 Å². The van der Waals surface area contributed by atoms with Gasteiger partial charge in [-0.1, -0.05) is 54.6 Å². The summed E-state index contributed by atoms with van der Waals surface area (Å²) in [5.74, 6) is 0.820. The molecular weight excluding hydrogens is 314 g/mol. The number of hydrogen-bond donors (Lipinski definition) is 0. The Kier molecular flexibility index (Phi) is 4.56. The van der Waals surface area contributed by atoms with Crippen LogP contribution in [0.15, 0.2) is 60.5 Å². The van der Waals surface area contributed by atoms with E-state index in [0.717, 1.165) is 27.6 Å². The van der Waals surface area contributed by atoms with Crippen molar-refractivity contribution in [2.75, 3.05) is 0 Å². The summed E-state index contributed by atoms with van der Waals surface area (Å²) in [5, 5.41) is 3.63. The number of ether oxygens (including phenoxy) is 1. The lowest BCUT2D eigenvalue weighted by molar-refractivity contribution is 0.305. The van der Waals surface area contributed by atoms with Gasteiger partial charge in [0.2, 0.25) is 0 Å². The van der Waals surface area contributed by atoms with Crippen LogP contribution in [0.25, 0.3) is 17.3 Å². The minimum absolute atomic E-state index is 0.447. The van der Waals surface area contributed by atoms with E-state index >= 15 is 0 Å². The molecule has 0 amide bonds. The van der Waals surface area contributed by atoms with Gasteiger partial charge >= 0.3 is 0 Å². The van der Waals surface area contributed by atoms with Gasteiger partial charge in [-0.2, -0.15) is 0 Å². The van der Waals surface area contributed by atoms with Gasteiger partial charge in [-0.3, -0.25) is 0 Å². The molecule has 0 N–H and O–H groups in total. The van der Waals surface area contributed by atoms with E-state index in [2.05, 4.69) is 11.6 Å². The van der Waals surface area contributed by atoms with E-state index in [0.29, 0.717) is 11.6 Å². The van der Waals surface area contributed by atoms with Crippen molar-refractivity contribution in [2.45, 2.75) is 6.61 Å². The smallest absolute Gasteiger partial charge is 0.140 e. The molecule has 4 heteroatoms. The molecule has 0 fully saturated rings. The molecule has 110 valence electrons. The summed E-state index contributed by atoms with van der Waals surface area (Å²) in [5.41, 5.74) is 2.90. The first-order valence-electron chi connectivity index (χ1n) is 6.81. The number of hydrogen-bond acceptors (Lipinski definition) is 3. The molecule has 0 atom stereocenters. The quantitative estimate of drug-likeness (QED) is 0.601. The van der Waals surface area contributed by atoms with Gasteiger partial charge < -0.3 is 4.74 Å². The van der Waals surface area contributed by atoms with Crippen LogP contribution < -0.4 is 4.74 Å². The van der Waals surface area contributed by atoms with Crippen molar-refractivity contribution in [3.63, 3.8) is 0 Å². The number of benzene rings is 2. The van der Waals surface area contributed by atoms with Crippen molar-refractivity contribution in [3.05, 3.63) is 76.1 Å². The Hall–Kier alpha value is -2.10. The third-order valence-corrected chi connectivity index (χ3v) is 4.33. The average Bonchev–Trinajstić information content (AvgIpc) is 3.02. The SMILES string of the molecule is C=Cc1ccc(OCc2nc(-c3ccccc3Cl)cs2)cc1. The van der Waals surface area contributed by atoms with E-state index in [1.807, 2.05) is 53.9 Å². The minimum atomic E-state index is 0.447. The van der Waals surface area contributed by atoms with Crippen LogP contribution >= 0.6 is 22.9 Å². The summed E-state index contributed by atoms with van der Waals surface area (Å²) >= 11 is 7.76. The molecule has 22 heavy (non-hydrogen) atoms. The molecule has 0 spiro atoms. The molecule has 3 rings (SSSR count). The fourth-order valence-electron chi connectivity index (χ4n) is 2.02. The van der Waals surface area contributed by atoms with Crippen molar-refractivity contribution in [1.29, 1.82) is 0 Å². The molecule has 1 aromatic heterocycles. The largest absolute Gasteiger partial charge is 0.486 e. The minimum Gasteiger partial charge on any atom is -0.486 e. The van der Waals surface area contributed by atoms with Gasteiger partial charge in [-0.15, -0.1) is 11.3 Å². The number of halogens is 1. The standard InChI is InChI=1S/C18H14ClNOS/c1-2-13-7-9-14(10-8-13)21-11-18-20-17(12-22-18)15-5-3-4-6-16(15)19/h2-10,12H,1,11H2. The third kappa shape index (κ3) is 3.38. The average molecular weight is 328 g/mol. The monoisotopic (exact) mass is 327 g/mol. The van der Waals surface area contributed by atoms with Crippen molar-refractivity contribution in [2.24, 2.45) is 0 Å². The summed E-state index contributed by atoms with van der Waals surface area (Å²) in [7, 11) is 0. The second-order valence-electron chi connectivity index (χ2n) is 4.67. The zero-order valence-corrected chi connectivity index (χ0v) is 13.4. The maximum Gasteiger partial charge on any atom is 0.140 e. The third-order valence-electron chi connectivity index (χ3n) is 3.18. The van der Waals surface area contributed by atoms with E-state index in [-0.39, 0.29) is 0 Å². The molecule has 0 saturated heterocycles. The lowest BCUT2D eigenvalue weighted by Crippen LogP contribution is -1.94. The predicted molar refractivity (Wildman–Crippen MR) is 93.4 cm³/mol. The van der Waals surface area contributed by atoms with Crippen LogP contribution in [0.3, 0.4) is 0 Å². The molecule has 1 heterocycles. The first-order valence-corrected chi connectivity index (χ1v) is 8.06. The Labute approximate surface area is 138 Å². The molecular formula is C18H14ClNOS. The molecule has 0 unspecified atom stereocenters. The van der Waals surface area contributed by atoms with Crippen LogP contribution in [-0.2, 0) is 6.61 Å². The van der Waals surface area contributed by atoms with Gasteiger partial charge in [0.15, 0.2) is 0 Å². The Morgan fingerprint density at radius 2 is 1.91 bits per heavy atom. The van der Waals surface area contributed by atoms with E-state index < -0.39 is 0 Å². The summed E-state index contributed by atoms with van der Waals surface area (Å²) in [6.07, 6.45) is 1.81. The van der Waals surface area contributed by atoms with Crippen LogP contribution in [0.5, 0.6) is 5.75 Å². The van der Waals surface area contributed by atoms with E-state index in [9.17, 15) is 0 Å². The fraction of sp³-hybridized carbons (Fsp3) is 0.0556. The second-order valence-corrected chi connectivity index (χ2v) is 6.02. The van der Waals surface area contributed by atoms with Crippen LogP contribution in [-0.4, -0.2) is 4.98 Å². The van der Waals surface area contributed by atoms with Gasteiger partial charge in [-0.25, -0.2) is 4.98 Å². The normalized spacial score (nSPS) is 10.4. The number of thiazole rings is 1. The lowest BCUT2D eigenvalue weighted by atomic mass is 10.2. The molecule has 0 aliphatic rings. The highest BCUT2D eigenvalue weighted by atomic mass is 35.5. The summed E-state index contributed by atoms with van der Waals surface area (Å²) in [4.78, 5) is 4.58. The highest BCUT2D eigenvalue weighted by Gasteiger charge is 2.08. The van der Waals surface area contributed by atoms with Gasteiger partial charge in [0, 0.05) is 16.0 Å². The zero-order chi connectivity index (χ0) is 15.4. The highest BCUT2D eigenvalue weighted by molar-refractivity contribution is 7.09. The summed E-state index contributed by atoms with van der Waals surface area (Å²) in [6, 6.07) is 15.5. The van der Waals surface area contributed by atoms with Crippen LogP contribution in [0.4, 0.5) is 0 Å². The Balaban J connectivity index is 1.69. The molecule has 0 bridgehead atoms. The van der Waals surface area contributed by atoms with E-state index in [4.69, 9.17) is 16.3 Å². The molecule has 0 radical (unpaired) electrons. The van der Waals surface area contributed by atoms with Crippen LogP contribution in [0.1, 0.15) is 10.6 Å². The maximum absolute atomic E-state index is 6.19. The number of nitrogens with zero attached hydrogens (tertiary/aromatic N) is 1. The van der Waals surface area contributed by atoms with Gasteiger partial charge in [0.25, 0.3) is 0 Å². The second kappa shape index (κ2) is 6.77. The van der Waals surface area contributed by atoms with Crippen molar-refractivity contribution in [3.8, 4) is 17.0 Å². The van der Waals surface area contributed by atoms with Crippen molar-refractivity contribution in [1.82, 2.24) is 4.98 Å². The first-order chi connectivity index (χ1) is 10.8. The Bertz CT molecular complexity index is 780. The molecule has 2 nitrogen and oxygen atoms in total. The summed E-state index contributed by atoms with van der Waals surface area (Å²) in [6.45, 7) is 4.18. The van der Waals surface area contributed by atoms with Crippen molar-refractivity contribution >= 4 is 29.0 Å². The van der Waals surface area contributed by atoms with Gasteiger partial charge in [-0.05, 0) is 23.8 Å². The highest BCUT2D eigenvalue weighted by Crippen LogP contribution is 2.28. The maximum atomic E-state index is 6.19. The molecule has 3 aromatic rings. The Morgan fingerprint density at radius 3 is 2.64 bits per heavy atom. The lowest BCUT2D eigenvalue weighted by Gasteiger charge is -2.04. The molecule has 0 saturated carbocycles. The van der Waals surface area contributed by atoms with Gasteiger partial charge in [0.05, 0.1) is 5.69 Å². The molecule has 0 aliphatic carbocycles. The number of rotatable bonds is 5. The molecule has 2 aromatic carbocycles. The Morgan fingerprint density at radius 1 is 1.14 bits per heavy atom. The van der Waals surface area contributed by atoms with Crippen LogP contribution in [0, 0.1) is 0 Å². The first kappa shape index (κ1) is 14.8. The number of aromatic nitrogens is 1. The topological polar surface area (TPSA) is 22.1 Å². The van der Waals surface area contributed by atoms with E-state index in [1.54, 1.807) is 17.4 Å². The van der Waals surface area contributed by atoms with Crippen LogP contribution in [0.2, 0.25) is 5.02 Å². The van der Waals surface area contributed by atoms with Crippen molar-refractivity contribution < 1.29 is 4.74 Å². The fourth-order valence-corrected chi connectivity index (χ4v) is 2.95. The molecule has 0 aliphatic heterocycles. The summed E-state index contributed by atoms with van der Waals surface area (Å²) < 4.78 is 5.75. The zero-order valence-electron chi connectivity index (χ0n) is 11.8.